The van der Waals surface area contributed by atoms with Crippen molar-refractivity contribution in [3.8, 4) is 16.9 Å². The SMILES string of the molecule is CCOC(=O)Cc1ccc(OC)c(-c2cc(C(F)(F)F)ccc2CNCCC(=O)OCc2ccc(Cl)cc2)c1. The highest BCUT2D eigenvalue weighted by Gasteiger charge is 2.31. The average Bonchev–Trinajstić information content (AvgIpc) is 2.90. The number of alkyl halides is 3. The lowest BCUT2D eigenvalue weighted by Crippen LogP contribution is -2.19. The number of hydrogen-bond donors (Lipinski definition) is 1. The minimum absolute atomic E-state index is 0.0322. The molecule has 3 rings (SSSR count). The van der Waals surface area contributed by atoms with Crippen molar-refractivity contribution in [3.63, 3.8) is 0 Å². The van der Waals surface area contributed by atoms with E-state index in [1.165, 1.54) is 13.2 Å². The lowest BCUT2D eigenvalue weighted by Gasteiger charge is -2.17. The summed E-state index contributed by atoms with van der Waals surface area (Å²) in [7, 11) is 1.42. The topological polar surface area (TPSA) is 73.9 Å². The van der Waals surface area contributed by atoms with Crippen LogP contribution >= 0.6 is 11.6 Å². The van der Waals surface area contributed by atoms with Gasteiger partial charge in [0.05, 0.1) is 32.1 Å². The lowest BCUT2D eigenvalue weighted by atomic mass is 9.94. The number of ether oxygens (including phenoxy) is 3. The van der Waals surface area contributed by atoms with E-state index in [-0.39, 0.29) is 39.1 Å². The predicted molar refractivity (Wildman–Crippen MR) is 141 cm³/mol. The Morgan fingerprint density at radius 1 is 0.897 bits per heavy atom. The Balaban J connectivity index is 1.74. The van der Waals surface area contributed by atoms with Crippen LogP contribution in [0.3, 0.4) is 0 Å². The van der Waals surface area contributed by atoms with E-state index in [1.807, 2.05) is 0 Å². The number of carbonyl (C=O) groups is 2. The van der Waals surface area contributed by atoms with Crippen LogP contribution in [0.5, 0.6) is 5.75 Å². The van der Waals surface area contributed by atoms with Gasteiger partial charge < -0.3 is 19.5 Å². The molecule has 0 saturated heterocycles. The summed E-state index contributed by atoms with van der Waals surface area (Å²) >= 11 is 5.85. The minimum Gasteiger partial charge on any atom is -0.496 e. The highest BCUT2D eigenvalue weighted by molar-refractivity contribution is 6.30. The molecule has 0 radical (unpaired) electrons. The van der Waals surface area contributed by atoms with E-state index in [4.69, 9.17) is 25.8 Å². The molecule has 0 saturated carbocycles. The van der Waals surface area contributed by atoms with Gasteiger partial charge in [0.2, 0.25) is 0 Å². The summed E-state index contributed by atoms with van der Waals surface area (Å²) in [5.41, 5.74) is 1.82. The molecule has 0 aromatic heterocycles. The summed E-state index contributed by atoms with van der Waals surface area (Å²) in [5.74, 6) is -0.505. The minimum atomic E-state index is -4.55. The van der Waals surface area contributed by atoms with Gasteiger partial charge in [-0.2, -0.15) is 13.2 Å². The van der Waals surface area contributed by atoms with Gasteiger partial charge in [0, 0.05) is 23.7 Å². The third-order valence-electron chi connectivity index (χ3n) is 5.78. The molecule has 0 aliphatic carbocycles. The van der Waals surface area contributed by atoms with E-state index >= 15 is 0 Å². The largest absolute Gasteiger partial charge is 0.496 e. The summed E-state index contributed by atoms with van der Waals surface area (Å²) in [6, 6.07) is 15.3. The monoisotopic (exact) mass is 563 g/mol. The number of nitrogens with one attached hydrogen (secondary N) is 1. The van der Waals surface area contributed by atoms with Crippen molar-refractivity contribution in [2.75, 3.05) is 20.3 Å². The van der Waals surface area contributed by atoms with Crippen molar-refractivity contribution in [2.45, 2.75) is 39.1 Å². The number of esters is 2. The molecule has 0 aliphatic rings. The van der Waals surface area contributed by atoms with Gasteiger partial charge in [-0.3, -0.25) is 9.59 Å². The van der Waals surface area contributed by atoms with Crippen LogP contribution in [0.4, 0.5) is 13.2 Å². The first kappa shape index (κ1) is 30.0. The van der Waals surface area contributed by atoms with Crippen molar-refractivity contribution in [1.29, 1.82) is 0 Å². The van der Waals surface area contributed by atoms with Gasteiger partial charge in [0.1, 0.15) is 12.4 Å². The van der Waals surface area contributed by atoms with Crippen LogP contribution in [0, 0.1) is 0 Å². The zero-order valence-electron chi connectivity index (χ0n) is 21.6. The van der Waals surface area contributed by atoms with Crippen molar-refractivity contribution in [2.24, 2.45) is 0 Å². The van der Waals surface area contributed by atoms with Gasteiger partial charge in [0.25, 0.3) is 0 Å². The van der Waals surface area contributed by atoms with E-state index < -0.39 is 23.7 Å². The van der Waals surface area contributed by atoms with Gasteiger partial charge >= 0.3 is 18.1 Å². The fourth-order valence-electron chi connectivity index (χ4n) is 3.84. The summed E-state index contributed by atoms with van der Waals surface area (Å²) in [6.07, 6.45) is -4.51. The second kappa shape index (κ2) is 14.0. The first-order valence-corrected chi connectivity index (χ1v) is 12.6. The van der Waals surface area contributed by atoms with Gasteiger partial charge in [-0.1, -0.05) is 35.9 Å². The lowest BCUT2D eigenvalue weighted by molar-refractivity contribution is -0.145. The van der Waals surface area contributed by atoms with Gasteiger partial charge in [-0.15, -0.1) is 0 Å². The molecule has 0 amide bonds. The number of hydrogen-bond acceptors (Lipinski definition) is 6. The van der Waals surface area contributed by atoms with Crippen molar-refractivity contribution >= 4 is 23.5 Å². The Morgan fingerprint density at radius 3 is 2.28 bits per heavy atom. The molecule has 0 bridgehead atoms. The van der Waals surface area contributed by atoms with Crippen LogP contribution in [-0.4, -0.2) is 32.2 Å². The maximum Gasteiger partial charge on any atom is 0.416 e. The molecule has 10 heteroatoms. The summed E-state index contributed by atoms with van der Waals surface area (Å²) < 4.78 is 56.4. The highest BCUT2D eigenvalue weighted by Crippen LogP contribution is 2.38. The first-order valence-electron chi connectivity index (χ1n) is 12.2. The molecule has 0 heterocycles. The third-order valence-corrected chi connectivity index (χ3v) is 6.03. The number of rotatable bonds is 12. The molecule has 208 valence electrons. The predicted octanol–water partition coefficient (Wildman–Crippen LogP) is 6.36. The Labute approximate surface area is 230 Å². The number of methoxy groups -OCH3 is 1. The Hall–Kier alpha value is -3.56. The van der Waals surface area contributed by atoms with Crippen LogP contribution in [0.25, 0.3) is 11.1 Å². The quantitative estimate of drug-likeness (QED) is 0.204. The molecule has 0 spiro atoms. The summed E-state index contributed by atoms with van der Waals surface area (Å²) in [6.45, 7) is 2.46. The van der Waals surface area contributed by atoms with Crippen molar-refractivity contribution in [1.82, 2.24) is 5.32 Å². The first-order chi connectivity index (χ1) is 18.6. The molecule has 3 aromatic carbocycles. The van der Waals surface area contributed by atoms with Crippen molar-refractivity contribution < 1.29 is 37.0 Å². The summed E-state index contributed by atoms with van der Waals surface area (Å²) in [4.78, 5) is 24.1. The molecular weight excluding hydrogens is 535 g/mol. The van der Waals surface area contributed by atoms with E-state index in [1.54, 1.807) is 49.4 Å². The van der Waals surface area contributed by atoms with Crippen LogP contribution in [-0.2, 0) is 44.8 Å². The number of halogens is 4. The summed E-state index contributed by atoms with van der Waals surface area (Å²) in [5, 5.41) is 3.68. The molecular formula is C29H29ClF3NO5. The maximum atomic E-state index is 13.6. The second-order valence-electron chi connectivity index (χ2n) is 8.60. The van der Waals surface area contributed by atoms with Crippen LogP contribution in [0.1, 0.15) is 35.6 Å². The molecule has 39 heavy (non-hydrogen) atoms. The smallest absolute Gasteiger partial charge is 0.416 e. The molecule has 6 nitrogen and oxygen atoms in total. The highest BCUT2D eigenvalue weighted by atomic mass is 35.5. The Kier molecular flexibility index (Phi) is 10.8. The molecule has 0 fully saturated rings. The fraction of sp³-hybridized carbons (Fsp3) is 0.310. The van der Waals surface area contributed by atoms with Crippen LogP contribution in [0.15, 0.2) is 60.7 Å². The average molecular weight is 564 g/mol. The fourth-order valence-corrected chi connectivity index (χ4v) is 3.97. The van der Waals surface area contributed by atoms with Gasteiger partial charge in [-0.05, 0) is 65.6 Å². The van der Waals surface area contributed by atoms with Crippen LogP contribution in [0.2, 0.25) is 5.02 Å². The zero-order chi connectivity index (χ0) is 28.4. The standard InChI is InChI=1S/C29H29ClF3NO5/c1-3-38-28(36)15-20-6-11-26(37-2)25(14-20)24-16-22(29(31,32)33)8-7-21(24)17-34-13-12-27(35)39-18-19-4-9-23(30)10-5-19/h4-11,14,16,34H,3,12-13,15,17-18H2,1-2H3. The molecule has 0 aliphatic heterocycles. The normalized spacial score (nSPS) is 11.2. The van der Waals surface area contributed by atoms with Gasteiger partial charge in [0.15, 0.2) is 0 Å². The zero-order valence-corrected chi connectivity index (χ0v) is 22.3. The van der Waals surface area contributed by atoms with E-state index in [0.717, 1.165) is 17.7 Å². The van der Waals surface area contributed by atoms with Gasteiger partial charge in [-0.25, -0.2) is 0 Å². The van der Waals surface area contributed by atoms with E-state index in [0.29, 0.717) is 33.0 Å². The number of carbonyl (C=O) groups excluding carboxylic acids is 2. The third kappa shape index (κ3) is 9.01. The van der Waals surface area contributed by atoms with Crippen molar-refractivity contribution in [3.05, 3.63) is 87.9 Å². The molecule has 1 N–H and O–H groups in total. The Bertz CT molecular complexity index is 1280. The van der Waals surface area contributed by atoms with E-state index in [9.17, 15) is 22.8 Å². The molecule has 3 aromatic rings. The second-order valence-corrected chi connectivity index (χ2v) is 9.04. The molecule has 0 unspecified atom stereocenters. The van der Waals surface area contributed by atoms with E-state index in [2.05, 4.69) is 5.32 Å². The number of benzene rings is 3. The van der Waals surface area contributed by atoms with Crippen LogP contribution < -0.4 is 10.1 Å². The molecule has 0 atom stereocenters. The maximum absolute atomic E-state index is 13.6. The Morgan fingerprint density at radius 2 is 1.62 bits per heavy atom.